The number of hydrogen-bond acceptors (Lipinski definition) is 2. The summed E-state index contributed by atoms with van der Waals surface area (Å²) >= 11 is 0. The molecule has 2 aromatic carbocycles. The maximum atomic E-state index is 13.7. The number of hydrogen-bond donors (Lipinski definition) is 1. The summed E-state index contributed by atoms with van der Waals surface area (Å²) in [6, 6.07) is 11.5. The van der Waals surface area contributed by atoms with Crippen LogP contribution in [0.3, 0.4) is 0 Å². The van der Waals surface area contributed by atoms with E-state index in [0.717, 1.165) is 23.8 Å². The number of para-hydroxylation sites is 1. The quantitative estimate of drug-likeness (QED) is 0.927. The molecule has 0 saturated carbocycles. The highest BCUT2D eigenvalue weighted by Crippen LogP contribution is 2.39. The smallest absolute Gasteiger partial charge is 0.164 e. The first-order valence-electron chi connectivity index (χ1n) is 7.00. The van der Waals surface area contributed by atoms with Gasteiger partial charge in [0.15, 0.2) is 11.6 Å². The summed E-state index contributed by atoms with van der Waals surface area (Å²) in [7, 11) is 0. The molecule has 1 aliphatic heterocycles. The summed E-state index contributed by atoms with van der Waals surface area (Å²) in [5.74, 6) is -1.02. The maximum Gasteiger partial charge on any atom is 0.164 e. The maximum absolute atomic E-state index is 13.7. The number of ether oxygens (including phenoxy) is 1. The zero-order chi connectivity index (χ0) is 14.8. The second-order valence-corrected chi connectivity index (χ2v) is 5.27. The Morgan fingerprint density at radius 1 is 1.14 bits per heavy atom. The Kier molecular flexibility index (Phi) is 3.88. The van der Waals surface area contributed by atoms with E-state index in [1.54, 1.807) is 0 Å². The molecule has 2 atom stereocenters. The fourth-order valence-electron chi connectivity index (χ4n) is 2.84. The Bertz CT molecular complexity index is 642. The molecule has 0 spiro atoms. The molecule has 0 aliphatic carbocycles. The summed E-state index contributed by atoms with van der Waals surface area (Å²) in [5.41, 5.74) is 1.03. The SMILES string of the molecule is OC(CC1CCOc2ccccc21)c1cccc(F)c1F. The van der Waals surface area contributed by atoms with Crippen molar-refractivity contribution in [2.24, 2.45) is 0 Å². The number of benzene rings is 2. The Hall–Kier alpha value is -1.94. The third-order valence-corrected chi connectivity index (χ3v) is 3.93. The zero-order valence-electron chi connectivity index (χ0n) is 11.4. The summed E-state index contributed by atoms with van der Waals surface area (Å²) in [5, 5.41) is 10.3. The molecule has 110 valence electrons. The lowest BCUT2D eigenvalue weighted by molar-refractivity contribution is 0.140. The number of aliphatic hydroxyl groups is 1. The first kappa shape index (κ1) is 14.0. The minimum Gasteiger partial charge on any atom is -0.493 e. The Labute approximate surface area is 122 Å². The van der Waals surface area contributed by atoms with Crippen molar-refractivity contribution >= 4 is 0 Å². The molecule has 0 amide bonds. The molecule has 1 N–H and O–H groups in total. The van der Waals surface area contributed by atoms with Crippen molar-refractivity contribution in [2.75, 3.05) is 6.61 Å². The van der Waals surface area contributed by atoms with Crippen molar-refractivity contribution in [2.45, 2.75) is 24.9 Å². The van der Waals surface area contributed by atoms with Crippen molar-refractivity contribution in [1.29, 1.82) is 0 Å². The van der Waals surface area contributed by atoms with Crippen LogP contribution in [0.1, 0.15) is 36.0 Å². The van der Waals surface area contributed by atoms with E-state index in [9.17, 15) is 13.9 Å². The van der Waals surface area contributed by atoms with Gasteiger partial charge < -0.3 is 9.84 Å². The number of aliphatic hydroxyl groups excluding tert-OH is 1. The molecule has 2 nitrogen and oxygen atoms in total. The van der Waals surface area contributed by atoms with Crippen molar-refractivity contribution < 1.29 is 18.6 Å². The third kappa shape index (κ3) is 2.76. The van der Waals surface area contributed by atoms with Crippen molar-refractivity contribution in [3.05, 3.63) is 65.2 Å². The van der Waals surface area contributed by atoms with Crippen LogP contribution in [0.5, 0.6) is 5.75 Å². The highest BCUT2D eigenvalue weighted by molar-refractivity contribution is 5.38. The van der Waals surface area contributed by atoms with E-state index in [1.807, 2.05) is 24.3 Å². The highest BCUT2D eigenvalue weighted by Gasteiger charge is 2.25. The van der Waals surface area contributed by atoms with Gasteiger partial charge in [-0.05, 0) is 36.5 Å². The molecule has 0 saturated heterocycles. The van der Waals surface area contributed by atoms with Crippen LogP contribution >= 0.6 is 0 Å². The number of rotatable bonds is 3. The van der Waals surface area contributed by atoms with Gasteiger partial charge in [0, 0.05) is 5.56 Å². The molecule has 4 heteroatoms. The molecular weight excluding hydrogens is 274 g/mol. The van der Waals surface area contributed by atoms with E-state index < -0.39 is 17.7 Å². The van der Waals surface area contributed by atoms with E-state index in [1.165, 1.54) is 12.1 Å². The topological polar surface area (TPSA) is 29.5 Å². The zero-order valence-corrected chi connectivity index (χ0v) is 11.4. The van der Waals surface area contributed by atoms with Crippen LogP contribution in [-0.2, 0) is 0 Å². The molecule has 21 heavy (non-hydrogen) atoms. The Morgan fingerprint density at radius 3 is 2.81 bits per heavy atom. The van der Waals surface area contributed by atoms with Gasteiger partial charge in [0.1, 0.15) is 5.75 Å². The van der Waals surface area contributed by atoms with Crippen molar-refractivity contribution in [3.63, 3.8) is 0 Å². The predicted octanol–water partition coefficient (Wildman–Crippen LogP) is 3.95. The molecule has 0 fully saturated rings. The molecule has 0 aromatic heterocycles. The minimum absolute atomic E-state index is 0.0129. The monoisotopic (exact) mass is 290 g/mol. The van der Waals surface area contributed by atoms with Gasteiger partial charge in [-0.15, -0.1) is 0 Å². The lowest BCUT2D eigenvalue weighted by atomic mass is 9.86. The van der Waals surface area contributed by atoms with Crippen LogP contribution in [-0.4, -0.2) is 11.7 Å². The van der Waals surface area contributed by atoms with Crippen LogP contribution < -0.4 is 4.74 Å². The largest absolute Gasteiger partial charge is 0.493 e. The molecule has 1 aliphatic rings. The highest BCUT2D eigenvalue weighted by atomic mass is 19.2. The standard InChI is InChI=1S/C17H16F2O2/c18-14-6-3-5-13(17(14)19)15(20)10-11-8-9-21-16-7-2-1-4-12(11)16/h1-7,11,15,20H,8-10H2. The van der Waals surface area contributed by atoms with Crippen LogP contribution in [0.25, 0.3) is 0 Å². The van der Waals surface area contributed by atoms with E-state index in [0.29, 0.717) is 13.0 Å². The molecule has 0 radical (unpaired) electrons. The average Bonchev–Trinajstić information content (AvgIpc) is 2.50. The van der Waals surface area contributed by atoms with Crippen molar-refractivity contribution in [3.8, 4) is 5.75 Å². The van der Waals surface area contributed by atoms with Crippen molar-refractivity contribution in [1.82, 2.24) is 0 Å². The summed E-state index contributed by atoms with van der Waals surface area (Å²) in [6.07, 6.45) is 0.0722. The number of fused-ring (bicyclic) bond motifs is 1. The molecular formula is C17H16F2O2. The summed E-state index contributed by atoms with van der Waals surface area (Å²) in [6.45, 7) is 0.569. The van der Waals surface area contributed by atoms with E-state index in [4.69, 9.17) is 4.74 Å². The summed E-state index contributed by atoms with van der Waals surface area (Å²) < 4.78 is 32.6. The van der Waals surface area contributed by atoms with E-state index in [-0.39, 0.29) is 11.5 Å². The predicted molar refractivity (Wildman–Crippen MR) is 75.2 cm³/mol. The van der Waals surface area contributed by atoms with Gasteiger partial charge in [-0.3, -0.25) is 0 Å². The lowest BCUT2D eigenvalue weighted by Crippen LogP contribution is -2.17. The van der Waals surface area contributed by atoms with Crippen LogP contribution in [0.15, 0.2) is 42.5 Å². The van der Waals surface area contributed by atoms with Crippen LogP contribution in [0.2, 0.25) is 0 Å². The normalized spacial score (nSPS) is 18.7. The Morgan fingerprint density at radius 2 is 1.95 bits per heavy atom. The van der Waals surface area contributed by atoms with E-state index >= 15 is 0 Å². The Balaban J connectivity index is 1.83. The van der Waals surface area contributed by atoms with Gasteiger partial charge >= 0.3 is 0 Å². The third-order valence-electron chi connectivity index (χ3n) is 3.93. The molecule has 0 bridgehead atoms. The van der Waals surface area contributed by atoms with Crippen LogP contribution in [0.4, 0.5) is 8.78 Å². The number of halogens is 2. The van der Waals surface area contributed by atoms with Gasteiger partial charge in [0.05, 0.1) is 12.7 Å². The minimum atomic E-state index is -1.03. The lowest BCUT2D eigenvalue weighted by Gasteiger charge is -2.27. The van der Waals surface area contributed by atoms with Gasteiger partial charge in [0.25, 0.3) is 0 Å². The second-order valence-electron chi connectivity index (χ2n) is 5.27. The van der Waals surface area contributed by atoms with Gasteiger partial charge in [0.2, 0.25) is 0 Å². The van der Waals surface area contributed by atoms with Gasteiger partial charge in [-0.25, -0.2) is 8.78 Å². The fourth-order valence-corrected chi connectivity index (χ4v) is 2.84. The molecule has 2 aromatic rings. The molecule has 2 unspecified atom stereocenters. The second kappa shape index (κ2) is 5.82. The van der Waals surface area contributed by atoms with Gasteiger partial charge in [-0.2, -0.15) is 0 Å². The molecule has 3 rings (SSSR count). The summed E-state index contributed by atoms with van der Waals surface area (Å²) in [4.78, 5) is 0. The van der Waals surface area contributed by atoms with E-state index in [2.05, 4.69) is 0 Å². The van der Waals surface area contributed by atoms with Gasteiger partial charge in [-0.1, -0.05) is 30.3 Å². The molecule has 1 heterocycles. The first-order chi connectivity index (χ1) is 10.2. The van der Waals surface area contributed by atoms with Crippen LogP contribution in [0, 0.1) is 11.6 Å². The first-order valence-corrected chi connectivity index (χ1v) is 7.00. The fraction of sp³-hybridized carbons (Fsp3) is 0.294. The average molecular weight is 290 g/mol.